The van der Waals surface area contributed by atoms with Crippen LogP contribution in [0.1, 0.15) is 85.5 Å². The third-order valence-corrected chi connectivity index (χ3v) is 8.74. The van der Waals surface area contributed by atoms with Crippen molar-refractivity contribution in [2.75, 3.05) is 0 Å². The lowest BCUT2D eigenvalue weighted by Gasteiger charge is -2.60. The molecule has 0 spiro atoms. The minimum atomic E-state index is -0.0436. The molecule has 4 fully saturated rings. The first-order valence-electron chi connectivity index (χ1n) is 10.5. The van der Waals surface area contributed by atoms with Crippen LogP contribution >= 0.6 is 0 Å². The van der Waals surface area contributed by atoms with Crippen molar-refractivity contribution in [1.82, 2.24) is 0 Å². The van der Waals surface area contributed by atoms with Gasteiger partial charge in [0.05, 0.1) is 18.1 Å². The van der Waals surface area contributed by atoms with Gasteiger partial charge in [0, 0.05) is 0 Å². The van der Waals surface area contributed by atoms with Crippen LogP contribution in [-0.2, 0) is 0 Å². The molecule has 0 aromatic heterocycles. The zero-order valence-electron chi connectivity index (χ0n) is 16.2. The predicted molar refractivity (Wildman–Crippen MR) is 98.2 cm³/mol. The largest absolute Gasteiger partial charge is 0.393 e. The minimum Gasteiger partial charge on any atom is -0.393 e. The molecule has 4 aliphatic rings. The molecule has 2 nitrogen and oxygen atoms in total. The van der Waals surface area contributed by atoms with Gasteiger partial charge in [-0.2, -0.15) is 5.26 Å². The molecule has 4 rings (SSSR count). The minimum absolute atomic E-state index is 0.0436. The second kappa shape index (κ2) is 6.64. The smallest absolute Gasteiger partial charge is 0.0661 e. The van der Waals surface area contributed by atoms with Gasteiger partial charge in [0.1, 0.15) is 0 Å². The molecule has 0 unspecified atom stereocenters. The van der Waals surface area contributed by atoms with Crippen LogP contribution in [0, 0.1) is 51.8 Å². The summed E-state index contributed by atoms with van der Waals surface area (Å²) in [6.07, 6.45) is 11.0. The maximum absolute atomic E-state index is 10.1. The first-order valence-corrected chi connectivity index (χ1v) is 10.5. The van der Waals surface area contributed by atoms with Crippen LogP contribution in [0.15, 0.2) is 0 Å². The molecular weight excluding hydrogens is 294 g/mol. The van der Waals surface area contributed by atoms with Gasteiger partial charge >= 0.3 is 0 Å². The Morgan fingerprint density at radius 3 is 2.29 bits per heavy atom. The summed E-state index contributed by atoms with van der Waals surface area (Å²) < 4.78 is 0. The zero-order valence-corrected chi connectivity index (χ0v) is 16.2. The van der Waals surface area contributed by atoms with Gasteiger partial charge in [0.25, 0.3) is 0 Å². The van der Waals surface area contributed by atoms with E-state index >= 15 is 0 Å². The van der Waals surface area contributed by atoms with Crippen molar-refractivity contribution in [1.29, 1.82) is 5.26 Å². The van der Waals surface area contributed by atoms with Crippen molar-refractivity contribution < 1.29 is 5.11 Å². The summed E-state index contributed by atoms with van der Waals surface area (Å²) in [5.74, 6) is 3.52. The maximum atomic E-state index is 10.1. The van der Waals surface area contributed by atoms with Crippen molar-refractivity contribution >= 4 is 0 Å². The molecule has 0 aromatic rings. The van der Waals surface area contributed by atoms with E-state index in [1.54, 1.807) is 0 Å². The normalized spacial score (nSPS) is 52.8. The number of rotatable bonds is 0. The van der Waals surface area contributed by atoms with Crippen LogP contribution in [0.4, 0.5) is 0 Å². The lowest BCUT2D eigenvalue weighted by atomic mass is 9.45. The lowest BCUT2D eigenvalue weighted by Crippen LogP contribution is -2.52. The van der Waals surface area contributed by atoms with E-state index < -0.39 is 0 Å². The Bertz CT molecular complexity index is 497. The van der Waals surface area contributed by atoms with Crippen LogP contribution in [0.3, 0.4) is 0 Å². The fourth-order valence-electron chi connectivity index (χ4n) is 7.29. The Balaban J connectivity index is 0.000000815. The van der Waals surface area contributed by atoms with Crippen molar-refractivity contribution in [3.63, 3.8) is 0 Å². The summed E-state index contributed by atoms with van der Waals surface area (Å²) in [5.41, 5.74) is 0.765. The van der Waals surface area contributed by atoms with E-state index in [9.17, 15) is 10.4 Å². The molecule has 2 heteroatoms. The molecule has 0 radical (unpaired) electrons. The molecule has 0 aliphatic heterocycles. The third-order valence-electron chi connectivity index (χ3n) is 8.74. The fraction of sp³-hybridized carbons (Fsp3) is 0.955. The average Bonchev–Trinajstić information content (AvgIpc) is 2.91. The summed E-state index contributed by atoms with van der Waals surface area (Å²) in [6.45, 7) is 8.97. The number of hydrogen-bond acceptors (Lipinski definition) is 2. The molecule has 0 amide bonds. The number of nitrogens with zero attached hydrogens (tertiary/aromatic N) is 1. The van der Waals surface area contributed by atoms with Crippen molar-refractivity contribution in [2.45, 2.75) is 91.6 Å². The molecule has 0 aromatic carbocycles. The number of aliphatic hydroxyl groups excluding tert-OH is 1. The maximum Gasteiger partial charge on any atom is 0.0661 e. The standard InChI is InChI=1S/C20H31NO.C2H6/c1-19-8-7-17(22)9-14(19)4-3-13-11-20(2)15(10-18(13)19)5-6-16(20)12-21;1-2/h13-18,22H,3-11H2,1-2H3;1-2H3/t13-,14-,15+,16-,17+,18-,19-,20+;/m1./s1. The van der Waals surface area contributed by atoms with Gasteiger partial charge in [-0.3, -0.25) is 0 Å². The second-order valence-electron chi connectivity index (χ2n) is 9.48. The van der Waals surface area contributed by atoms with Crippen molar-refractivity contribution in [3.05, 3.63) is 0 Å². The highest BCUT2D eigenvalue weighted by atomic mass is 16.3. The zero-order chi connectivity index (χ0) is 17.5. The summed E-state index contributed by atoms with van der Waals surface area (Å²) in [7, 11) is 0. The Hall–Kier alpha value is -0.550. The van der Waals surface area contributed by atoms with E-state index in [0.717, 1.165) is 42.9 Å². The Morgan fingerprint density at radius 1 is 0.917 bits per heavy atom. The first-order chi connectivity index (χ1) is 11.5. The molecule has 0 bridgehead atoms. The highest BCUT2D eigenvalue weighted by molar-refractivity contribution is 5.11. The van der Waals surface area contributed by atoms with Crippen LogP contribution in [0.2, 0.25) is 0 Å². The van der Waals surface area contributed by atoms with Gasteiger partial charge in [-0.15, -0.1) is 0 Å². The first kappa shape index (κ1) is 18.2. The van der Waals surface area contributed by atoms with Crippen molar-refractivity contribution in [2.24, 2.45) is 40.4 Å². The molecule has 0 saturated heterocycles. The molecule has 24 heavy (non-hydrogen) atoms. The van der Waals surface area contributed by atoms with Crippen LogP contribution in [-0.4, -0.2) is 11.2 Å². The topological polar surface area (TPSA) is 44.0 Å². The lowest BCUT2D eigenvalue weighted by molar-refractivity contribution is -0.116. The summed E-state index contributed by atoms with van der Waals surface area (Å²) in [6, 6.07) is 2.64. The SMILES string of the molecule is CC.C[C@]12C[C@H]3CC[C@@H]4C[C@@H](O)CC[C@@]4(C)[C@@H]3C[C@@H]1CC[C@@H]2C#N. The number of nitriles is 1. The van der Waals surface area contributed by atoms with Crippen LogP contribution < -0.4 is 0 Å². The molecule has 1 N–H and O–H groups in total. The monoisotopic (exact) mass is 331 g/mol. The quantitative estimate of drug-likeness (QED) is 0.632. The number of fused-ring (bicyclic) bond motifs is 4. The number of aliphatic hydroxyl groups is 1. The van der Waals surface area contributed by atoms with Crippen molar-refractivity contribution in [3.8, 4) is 6.07 Å². The Morgan fingerprint density at radius 2 is 1.58 bits per heavy atom. The van der Waals surface area contributed by atoms with E-state index in [2.05, 4.69) is 19.9 Å². The van der Waals surface area contributed by atoms with E-state index in [-0.39, 0.29) is 6.10 Å². The van der Waals surface area contributed by atoms with Gasteiger partial charge in [0.15, 0.2) is 0 Å². The molecule has 0 heterocycles. The third kappa shape index (κ3) is 2.63. The second-order valence-corrected chi connectivity index (χ2v) is 9.48. The van der Waals surface area contributed by atoms with Crippen LogP contribution in [0.5, 0.6) is 0 Å². The predicted octanol–water partition coefficient (Wildman–Crippen LogP) is 5.56. The van der Waals surface area contributed by atoms with Gasteiger partial charge in [-0.05, 0) is 92.3 Å². The Labute approximate surface area is 149 Å². The summed E-state index contributed by atoms with van der Waals surface area (Å²) in [5, 5.41) is 19.6. The molecule has 136 valence electrons. The molecule has 8 atom stereocenters. The van der Waals surface area contributed by atoms with E-state index in [1.807, 2.05) is 13.8 Å². The van der Waals surface area contributed by atoms with Gasteiger partial charge < -0.3 is 5.11 Å². The average molecular weight is 332 g/mol. The summed E-state index contributed by atoms with van der Waals surface area (Å²) in [4.78, 5) is 0. The van der Waals surface area contributed by atoms with E-state index in [0.29, 0.717) is 16.7 Å². The molecule has 4 saturated carbocycles. The highest BCUT2D eigenvalue weighted by Crippen LogP contribution is 2.66. The van der Waals surface area contributed by atoms with E-state index in [4.69, 9.17) is 0 Å². The van der Waals surface area contributed by atoms with Gasteiger partial charge in [-0.1, -0.05) is 27.7 Å². The highest BCUT2D eigenvalue weighted by Gasteiger charge is 2.59. The van der Waals surface area contributed by atoms with E-state index in [1.165, 1.54) is 38.5 Å². The summed E-state index contributed by atoms with van der Waals surface area (Å²) >= 11 is 0. The Kier molecular flexibility index (Phi) is 5.05. The molecule has 4 aliphatic carbocycles. The van der Waals surface area contributed by atoms with Crippen LogP contribution in [0.25, 0.3) is 0 Å². The fourth-order valence-corrected chi connectivity index (χ4v) is 7.29. The van der Waals surface area contributed by atoms with Gasteiger partial charge in [-0.25, -0.2) is 0 Å². The number of hydrogen-bond donors (Lipinski definition) is 1. The van der Waals surface area contributed by atoms with Gasteiger partial charge in [0.2, 0.25) is 0 Å². The molecular formula is C22H37NO.